The van der Waals surface area contributed by atoms with Crippen molar-refractivity contribution in [2.24, 2.45) is 5.92 Å². The van der Waals surface area contributed by atoms with Crippen molar-refractivity contribution in [1.82, 2.24) is 9.88 Å². The van der Waals surface area contributed by atoms with Gasteiger partial charge in [-0.05, 0) is 68.1 Å². The number of para-hydroxylation sites is 1. The monoisotopic (exact) mass is 332 g/mol. The number of rotatable bonds is 1. The molecule has 25 heavy (non-hydrogen) atoms. The molecule has 128 valence electrons. The van der Waals surface area contributed by atoms with E-state index >= 15 is 0 Å². The first-order valence-corrected chi connectivity index (χ1v) is 9.22. The van der Waals surface area contributed by atoms with E-state index in [0.29, 0.717) is 11.7 Å². The van der Waals surface area contributed by atoms with Crippen LogP contribution in [0.2, 0.25) is 0 Å². The summed E-state index contributed by atoms with van der Waals surface area (Å²) in [6.45, 7) is 2.23. The van der Waals surface area contributed by atoms with E-state index in [2.05, 4.69) is 47.3 Å². The van der Waals surface area contributed by atoms with Crippen LogP contribution in [-0.2, 0) is 18.3 Å². The van der Waals surface area contributed by atoms with Crippen LogP contribution < -0.4 is 0 Å². The molecule has 0 saturated carbocycles. The minimum absolute atomic E-state index is 0.124. The molecule has 2 N–H and O–H groups in total. The first-order chi connectivity index (χ1) is 12.2. The van der Waals surface area contributed by atoms with E-state index in [1.807, 2.05) is 12.1 Å². The van der Waals surface area contributed by atoms with Crippen LogP contribution in [0.5, 0.6) is 5.75 Å². The van der Waals surface area contributed by atoms with Gasteiger partial charge in [0, 0.05) is 28.6 Å². The lowest BCUT2D eigenvalue weighted by Gasteiger charge is -2.50. The zero-order valence-electron chi connectivity index (χ0n) is 14.6. The molecule has 0 spiro atoms. The maximum Gasteiger partial charge on any atom is 0.115 e. The molecule has 2 atom stereocenters. The second-order valence-corrected chi connectivity index (χ2v) is 7.92. The molecule has 2 aliphatic rings. The van der Waals surface area contributed by atoms with Gasteiger partial charge in [-0.1, -0.05) is 30.3 Å². The smallest absolute Gasteiger partial charge is 0.115 e. The fourth-order valence-electron chi connectivity index (χ4n) is 5.23. The molecule has 1 saturated heterocycles. The van der Waals surface area contributed by atoms with Gasteiger partial charge in [-0.3, -0.25) is 0 Å². The number of likely N-dealkylation sites (tertiary alicyclic amines) is 1. The third-order valence-corrected chi connectivity index (χ3v) is 6.52. The number of piperidine rings is 1. The highest BCUT2D eigenvalue weighted by molar-refractivity contribution is 5.85. The van der Waals surface area contributed by atoms with Crippen molar-refractivity contribution in [1.29, 1.82) is 0 Å². The zero-order valence-corrected chi connectivity index (χ0v) is 14.6. The summed E-state index contributed by atoms with van der Waals surface area (Å²) in [6.07, 6.45) is 3.30. The fourth-order valence-corrected chi connectivity index (χ4v) is 5.23. The summed E-state index contributed by atoms with van der Waals surface area (Å²) >= 11 is 0. The molecule has 1 fully saturated rings. The highest BCUT2D eigenvalue weighted by Crippen LogP contribution is 2.49. The number of nitrogens with one attached hydrogen (secondary N) is 1. The van der Waals surface area contributed by atoms with E-state index in [4.69, 9.17) is 0 Å². The van der Waals surface area contributed by atoms with Gasteiger partial charge in [-0.2, -0.15) is 0 Å². The van der Waals surface area contributed by atoms with Crippen LogP contribution in [0.4, 0.5) is 0 Å². The van der Waals surface area contributed by atoms with Gasteiger partial charge in [0.15, 0.2) is 0 Å². The van der Waals surface area contributed by atoms with Gasteiger partial charge in [0.25, 0.3) is 0 Å². The van der Waals surface area contributed by atoms with E-state index in [0.717, 1.165) is 32.4 Å². The molecule has 5 rings (SSSR count). The summed E-state index contributed by atoms with van der Waals surface area (Å²) in [5.41, 5.74) is 5.58. The standard InChI is InChI=1S/C22H24N2O/c1-24-10-9-22(15-5-4-6-17(25)11-15)13-21-19(12-16(22)14-24)18-7-2-3-8-20(18)23-21/h2-8,11,16,23,25H,9-10,12-14H2,1H3/t16?,22-/m1/s1. The number of H-pyrrole nitrogens is 1. The first-order valence-electron chi connectivity index (χ1n) is 9.22. The van der Waals surface area contributed by atoms with Crippen molar-refractivity contribution in [2.45, 2.75) is 24.7 Å². The van der Waals surface area contributed by atoms with Crippen molar-refractivity contribution in [3.05, 3.63) is 65.4 Å². The predicted octanol–water partition coefficient (Wildman–Crippen LogP) is 3.86. The molecule has 2 heterocycles. The molecule has 1 aromatic heterocycles. The average molecular weight is 332 g/mol. The Morgan fingerprint density at radius 3 is 2.92 bits per heavy atom. The Hall–Kier alpha value is -2.26. The molecule has 0 radical (unpaired) electrons. The summed E-state index contributed by atoms with van der Waals surface area (Å²) in [5.74, 6) is 0.965. The van der Waals surface area contributed by atoms with Gasteiger partial charge >= 0.3 is 0 Å². The summed E-state index contributed by atoms with van der Waals surface area (Å²) in [5, 5.41) is 11.5. The highest BCUT2D eigenvalue weighted by Gasteiger charge is 2.47. The van der Waals surface area contributed by atoms with Gasteiger partial charge in [0.05, 0.1) is 0 Å². The number of phenolic OH excluding ortho intramolecular Hbond substituents is 1. The van der Waals surface area contributed by atoms with Crippen LogP contribution in [-0.4, -0.2) is 35.1 Å². The molecule has 3 aromatic rings. The zero-order chi connectivity index (χ0) is 17.0. The predicted molar refractivity (Wildman–Crippen MR) is 101 cm³/mol. The van der Waals surface area contributed by atoms with Gasteiger partial charge in [0.1, 0.15) is 5.75 Å². The lowest BCUT2D eigenvalue weighted by atomic mass is 9.59. The summed E-state index contributed by atoms with van der Waals surface area (Å²) in [4.78, 5) is 6.16. The molecular formula is C22H24N2O. The highest BCUT2D eigenvalue weighted by atomic mass is 16.3. The van der Waals surface area contributed by atoms with Crippen molar-refractivity contribution in [3.63, 3.8) is 0 Å². The van der Waals surface area contributed by atoms with Crippen molar-refractivity contribution in [2.75, 3.05) is 20.1 Å². The minimum Gasteiger partial charge on any atom is -0.508 e. The Kier molecular flexibility index (Phi) is 3.23. The Balaban J connectivity index is 1.68. The molecule has 1 aliphatic heterocycles. The van der Waals surface area contributed by atoms with Crippen LogP contribution >= 0.6 is 0 Å². The van der Waals surface area contributed by atoms with Crippen LogP contribution in [0.25, 0.3) is 10.9 Å². The fraction of sp³-hybridized carbons (Fsp3) is 0.364. The third kappa shape index (κ3) is 2.22. The first kappa shape index (κ1) is 15.0. The summed E-state index contributed by atoms with van der Waals surface area (Å²) in [6, 6.07) is 16.7. The minimum atomic E-state index is 0.124. The SMILES string of the molecule is CN1CC[C@]2(c3cccc(O)c3)Cc3[nH]c4ccccc4c3CC2C1. The van der Waals surface area contributed by atoms with Crippen molar-refractivity contribution >= 4 is 10.9 Å². The number of phenols is 1. The Labute approximate surface area is 148 Å². The van der Waals surface area contributed by atoms with Gasteiger partial charge in [-0.25, -0.2) is 0 Å². The lowest BCUT2D eigenvalue weighted by molar-refractivity contribution is 0.0994. The second-order valence-electron chi connectivity index (χ2n) is 7.92. The molecule has 1 unspecified atom stereocenters. The normalized spacial score (nSPS) is 26.4. The van der Waals surface area contributed by atoms with Crippen LogP contribution in [0, 0.1) is 5.92 Å². The number of aromatic amines is 1. The Morgan fingerprint density at radius 2 is 2.04 bits per heavy atom. The van der Waals surface area contributed by atoms with Gasteiger partial charge in [0.2, 0.25) is 0 Å². The third-order valence-electron chi connectivity index (χ3n) is 6.52. The van der Waals surface area contributed by atoms with E-state index in [1.54, 1.807) is 6.07 Å². The molecule has 0 bridgehead atoms. The summed E-state index contributed by atoms with van der Waals surface area (Å²) < 4.78 is 0. The van der Waals surface area contributed by atoms with E-state index in [-0.39, 0.29) is 5.41 Å². The number of fused-ring (bicyclic) bond motifs is 4. The largest absolute Gasteiger partial charge is 0.508 e. The van der Waals surface area contributed by atoms with Crippen LogP contribution in [0.15, 0.2) is 48.5 Å². The topological polar surface area (TPSA) is 39.3 Å². The molecule has 2 aromatic carbocycles. The number of aromatic hydroxyl groups is 1. The number of nitrogens with zero attached hydrogens (tertiary/aromatic N) is 1. The lowest BCUT2D eigenvalue weighted by Crippen LogP contribution is -2.52. The number of aromatic nitrogens is 1. The summed E-state index contributed by atoms with van der Waals surface area (Å²) in [7, 11) is 2.23. The second kappa shape index (κ2) is 5.37. The van der Waals surface area contributed by atoms with Crippen molar-refractivity contribution in [3.8, 4) is 5.75 Å². The van der Waals surface area contributed by atoms with Crippen LogP contribution in [0.1, 0.15) is 23.2 Å². The number of hydrogen-bond acceptors (Lipinski definition) is 2. The van der Waals surface area contributed by atoms with Crippen LogP contribution in [0.3, 0.4) is 0 Å². The Morgan fingerprint density at radius 1 is 1.16 bits per heavy atom. The molecular weight excluding hydrogens is 308 g/mol. The van der Waals surface area contributed by atoms with Gasteiger partial charge < -0.3 is 15.0 Å². The number of benzene rings is 2. The van der Waals surface area contributed by atoms with E-state index < -0.39 is 0 Å². The van der Waals surface area contributed by atoms with E-state index in [1.165, 1.54) is 27.7 Å². The van der Waals surface area contributed by atoms with Gasteiger partial charge in [-0.15, -0.1) is 0 Å². The maximum absolute atomic E-state index is 10.1. The molecule has 1 aliphatic carbocycles. The molecule has 0 amide bonds. The maximum atomic E-state index is 10.1. The number of hydrogen-bond donors (Lipinski definition) is 2. The average Bonchev–Trinajstić information content (AvgIpc) is 2.97. The molecule has 3 nitrogen and oxygen atoms in total. The Bertz CT molecular complexity index is 944. The van der Waals surface area contributed by atoms with E-state index in [9.17, 15) is 5.11 Å². The quantitative estimate of drug-likeness (QED) is 0.710. The molecule has 3 heteroatoms. The van der Waals surface area contributed by atoms with Crippen molar-refractivity contribution < 1.29 is 5.11 Å².